The highest BCUT2D eigenvalue weighted by molar-refractivity contribution is 5.80. The van der Waals surface area contributed by atoms with Crippen LogP contribution in [0.1, 0.15) is 18.9 Å². The Hall–Kier alpha value is -1.61. The maximum Gasteiger partial charge on any atom is 0.134 e. The highest BCUT2D eigenvalue weighted by Crippen LogP contribution is 2.21. The summed E-state index contributed by atoms with van der Waals surface area (Å²) in [4.78, 5) is 13.1. The van der Waals surface area contributed by atoms with Gasteiger partial charge in [0.25, 0.3) is 0 Å². The fraction of sp³-hybridized carbons (Fsp3) is 0.357. The fourth-order valence-corrected chi connectivity index (χ4v) is 1.87. The number of ketones is 1. The van der Waals surface area contributed by atoms with Crippen molar-refractivity contribution in [1.29, 1.82) is 0 Å². The van der Waals surface area contributed by atoms with Crippen molar-refractivity contribution in [2.75, 3.05) is 13.6 Å². The van der Waals surface area contributed by atoms with Crippen molar-refractivity contribution in [3.63, 3.8) is 0 Å². The molecule has 3 heteroatoms. The average molecular weight is 231 g/mol. The molecule has 2 rings (SSSR count). The molecule has 90 valence electrons. The highest BCUT2D eigenvalue weighted by atomic mass is 16.3. The molecule has 0 saturated heterocycles. The molecule has 0 aliphatic rings. The van der Waals surface area contributed by atoms with E-state index in [2.05, 4.69) is 11.0 Å². The number of furan rings is 1. The van der Waals surface area contributed by atoms with E-state index < -0.39 is 0 Å². The van der Waals surface area contributed by atoms with Crippen LogP contribution in [0.4, 0.5) is 0 Å². The van der Waals surface area contributed by atoms with E-state index in [1.54, 1.807) is 13.2 Å². The van der Waals surface area contributed by atoms with Crippen LogP contribution in [0, 0.1) is 0 Å². The molecule has 0 amide bonds. The van der Waals surface area contributed by atoms with Crippen molar-refractivity contribution in [2.24, 2.45) is 0 Å². The maximum atomic E-state index is 10.9. The molecule has 0 radical (unpaired) electrons. The highest BCUT2D eigenvalue weighted by Gasteiger charge is 2.08. The van der Waals surface area contributed by atoms with E-state index in [9.17, 15) is 4.79 Å². The summed E-state index contributed by atoms with van der Waals surface area (Å²) < 4.78 is 5.48. The van der Waals surface area contributed by atoms with Gasteiger partial charge in [0, 0.05) is 30.5 Å². The van der Waals surface area contributed by atoms with Gasteiger partial charge < -0.3 is 9.32 Å². The first-order valence-corrected chi connectivity index (χ1v) is 5.80. The van der Waals surface area contributed by atoms with E-state index in [1.807, 2.05) is 25.2 Å². The van der Waals surface area contributed by atoms with Gasteiger partial charge in [0.05, 0.1) is 6.26 Å². The lowest BCUT2D eigenvalue weighted by atomic mass is 10.1. The second-order valence-corrected chi connectivity index (χ2v) is 4.45. The zero-order chi connectivity index (χ0) is 12.3. The second kappa shape index (κ2) is 5.15. The molecule has 17 heavy (non-hydrogen) atoms. The minimum absolute atomic E-state index is 0.230. The van der Waals surface area contributed by atoms with Crippen LogP contribution in [0.5, 0.6) is 0 Å². The first-order valence-electron chi connectivity index (χ1n) is 5.80. The summed E-state index contributed by atoms with van der Waals surface area (Å²) >= 11 is 0. The molecule has 0 aliphatic carbocycles. The molecule has 0 saturated carbocycles. The Morgan fingerprint density at radius 3 is 2.88 bits per heavy atom. The van der Waals surface area contributed by atoms with Crippen LogP contribution >= 0.6 is 0 Å². The quantitative estimate of drug-likeness (QED) is 0.793. The van der Waals surface area contributed by atoms with E-state index in [4.69, 9.17) is 4.42 Å². The van der Waals surface area contributed by atoms with Crippen molar-refractivity contribution in [2.45, 2.75) is 19.9 Å². The number of Topliss-reactive ketones (excluding diaryl/α,β-unsaturated/α-hetero) is 1. The lowest BCUT2D eigenvalue weighted by molar-refractivity contribution is -0.117. The summed E-state index contributed by atoms with van der Waals surface area (Å²) in [6, 6.07) is 8.01. The molecular weight excluding hydrogens is 214 g/mol. The SMILES string of the molecule is CC(=O)CCN(C)Cc1coc2ccccc12. The second-order valence-electron chi connectivity index (χ2n) is 4.45. The summed E-state index contributed by atoms with van der Waals surface area (Å²) in [5, 5.41) is 1.15. The van der Waals surface area contributed by atoms with E-state index in [1.165, 1.54) is 5.56 Å². The Morgan fingerprint density at radius 1 is 1.35 bits per heavy atom. The molecule has 0 fully saturated rings. The van der Waals surface area contributed by atoms with Crippen LogP contribution in [-0.4, -0.2) is 24.3 Å². The largest absolute Gasteiger partial charge is 0.464 e. The van der Waals surface area contributed by atoms with E-state index in [0.29, 0.717) is 6.42 Å². The number of benzene rings is 1. The number of para-hydroxylation sites is 1. The molecule has 0 unspecified atom stereocenters. The molecular formula is C14H17NO2. The van der Waals surface area contributed by atoms with Gasteiger partial charge in [-0.15, -0.1) is 0 Å². The molecule has 0 bridgehead atoms. The number of rotatable bonds is 5. The van der Waals surface area contributed by atoms with Crippen LogP contribution in [0.2, 0.25) is 0 Å². The zero-order valence-corrected chi connectivity index (χ0v) is 10.3. The summed E-state index contributed by atoms with van der Waals surface area (Å²) in [5.41, 5.74) is 2.09. The number of hydrogen-bond donors (Lipinski definition) is 0. The van der Waals surface area contributed by atoms with Crippen LogP contribution in [-0.2, 0) is 11.3 Å². The summed E-state index contributed by atoms with van der Waals surface area (Å²) in [6.45, 7) is 3.22. The van der Waals surface area contributed by atoms with Crippen LogP contribution in [0.3, 0.4) is 0 Å². The van der Waals surface area contributed by atoms with Crippen molar-refractivity contribution in [3.05, 3.63) is 36.1 Å². The van der Waals surface area contributed by atoms with Crippen molar-refractivity contribution in [3.8, 4) is 0 Å². The molecule has 3 nitrogen and oxygen atoms in total. The van der Waals surface area contributed by atoms with Gasteiger partial charge in [0.15, 0.2) is 0 Å². The Bertz CT molecular complexity index is 516. The smallest absolute Gasteiger partial charge is 0.134 e. The Kier molecular flexibility index (Phi) is 3.59. The van der Waals surface area contributed by atoms with Gasteiger partial charge in [0.2, 0.25) is 0 Å². The lowest BCUT2D eigenvalue weighted by Crippen LogP contribution is -2.20. The first-order chi connectivity index (χ1) is 8.16. The number of carbonyl (C=O) groups excluding carboxylic acids is 1. The summed E-state index contributed by atoms with van der Waals surface area (Å²) in [7, 11) is 2.02. The van der Waals surface area contributed by atoms with Gasteiger partial charge >= 0.3 is 0 Å². The number of fused-ring (bicyclic) bond motifs is 1. The third-order valence-corrected chi connectivity index (χ3v) is 2.85. The van der Waals surface area contributed by atoms with Crippen LogP contribution in [0.25, 0.3) is 11.0 Å². The van der Waals surface area contributed by atoms with Crippen molar-refractivity contribution < 1.29 is 9.21 Å². The predicted octanol–water partition coefficient (Wildman–Crippen LogP) is 2.84. The van der Waals surface area contributed by atoms with Crippen LogP contribution in [0.15, 0.2) is 34.9 Å². The van der Waals surface area contributed by atoms with Crippen molar-refractivity contribution >= 4 is 16.8 Å². The Morgan fingerprint density at radius 2 is 2.12 bits per heavy atom. The molecule has 0 spiro atoms. The summed E-state index contributed by atoms with van der Waals surface area (Å²) in [6.07, 6.45) is 2.40. The van der Waals surface area contributed by atoms with E-state index in [-0.39, 0.29) is 5.78 Å². The van der Waals surface area contributed by atoms with Gasteiger partial charge in [-0.2, -0.15) is 0 Å². The molecule has 1 heterocycles. The van der Waals surface area contributed by atoms with Crippen LogP contribution < -0.4 is 0 Å². The zero-order valence-electron chi connectivity index (χ0n) is 10.3. The maximum absolute atomic E-state index is 10.9. The van der Waals surface area contributed by atoms with E-state index >= 15 is 0 Å². The fourth-order valence-electron chi connectivity index (χ4n) is 1.87. The van der Waals surface area contributed by atoms with Crippen molar-refractivity contribution in [1.82, 2.24) is 4.90 Å². The minimum Gasteiger partial charge on any atom is -0.464 e. The van der Waals surface area contributed by atoms with Gasteiger partial charge in [-0.25, -0.2) is 0 Å². The topological polar surface area (TPSA) is 33.5 Å². The summed E-state index contributed by atoms with van der Waals surface area (Å²) in [5.74, 6) is 0.230. The predicted molar refractivity (Wildman–Crippen MR) is 67.8 cm³/mol. The number of nitrogens with zero attached hydrogens (tertiary/aromatic N) is 1. The van der Waals surface area contributed by atoms with Gasteiger partial charge in [-0.1, -0.05) is 18.2 Å². The molecule has 1 aromatic heterocycles. The third kappa shape index (κ3) is 2.94. The first kappa shape index (κ1) is 11.9. The van der Waals surface area contributed by atoms with E-state index in [0.717, 1.165) is 24.1 Å². The monoisotopic (exact) mass is 231 g/mol. The molecule has 0 atom stereocenters. The average Bonchev–Trinajstić information content (AvgIpc) is 2.70. The number of hydrogen-bond acceptors (Lipinski definition) is 3. The van der Waals surface area contributed by atoms with Gasteiger partial charge in [0.1, 0.15) is 11.4 Å². The molecule has 1 aromatic carbocycles. The number of carbonyl (C=O) groups is 1. The lowest BCUT2D eigenvalue weighted by Gasteiger charge is -2.14. The third-order valence-electron chi connectivity index (χ3n) is 2.85. The van der Waals surface area contributed by atoms with Gasteiger partial charge in [-0.05, 0) is 20.0 Å². The Labute approximate surface area is 101 Å². The molecule has 0 N–H and O–H groups in total. The molecule has 0 aliphatic heterocycles. The minimum atomic E-state index is 0.230. The Balaban J connectivity index is 2.05. The normalized spacial score (nSPS) is 11.2. The van der Waals surface area contributed by atoms with Gasteiger partial charge in [-0.3, -0.25) is 4.79 Å². The molecule has 2 aromatic rings. The standard InChI is InChI=1S/C14H17NO2/c1-11(16)7-8-15(2)9-12-10-17-14-6-4-3-5-13(12)14/h3-6,10H,7-9H2,1-2H3.